The normalized spacial score (nSPS) is 18.5. The maximum Gasteiger partial charge on any atom is 0.340 e. The quantitative estimate of drug-likeness (QED) is 0.906. The van der Waals surface area contributed by atoms with Crippen LogP contribution >= 0.6 is 0 Å². The van der Waals surface area contributed by atoms with Crippen molar-refractivity contribution in [1.29, 1.82) is 0 Å². The third-order valence-electron chi connectivity index (χ3n) is 5.03. The van der Waals surface area contributed by atoms with Gasteiger partial charge in [-0.25, -0.2) is 9.89 Å². The highest BCUT2D eigenvalue weighted by molar-refractivity contribution is 5.96. The first kappa shape index (κ1) is 15.2. The Hall–Kier alpha value is -2.37. The predicted molar refractivity (Wildman–Crippen MR) is 90.7 cm³/mol. The van der Waals surface area contributed by atoms with Crippen LogP contribution in [0.1, 0.15) is 55.3 Å². The summed E-state index contributed by atoms with van der Waals surface area (Å²) in [5.74, 6) is 0.578. The number of rotatable bonds is 4. The van der Waals surface area contributed by atoms with Crippen LogP contribution in [0.2, 0.25) is 0 Å². The smallest absolute Gasteiger partial charge is 0.333 e. The average molecular weight is 326 g/mol. The first-order chi connectivity index (χ1) is 11.7. The zero-order chi connectivity index (χ0) is 16.5. The molecular formula is C18H22N4O2. The Morgan fingerprint density at radius 3 is 2.50 bits per heavy atom. The molecule has 2 aromatic rings. The van der Waals surface area contributed by atoms with Gasteiger partial charge in [0.05, 0.1) is 0 Å². The van der Waals surface area contributed by atoms with Crippen LogP contribution in [0, 0.1) is 0 Å². The molecule has 2 saturated carbocycles. The summed E-state index contributed by atoms with van der Waals surface area (Å²) in [7, 11) is 0. The summed E-state index contributed by atoms with van der Waals surface area (Å²) < 4.78 is 0. The molecule has 6 nitrogen and oxygen atoms in total. The highest BCUT2D eigenvalue weighted by Gasteiger charge is 2.38. The number of amides is 1. The van der Waals surface area contributed by atoms with Crippen LogP contribution in [0.5, 0.6) is 0 Å². The fourth-order valence-corrected chi connectivity index (χ4v) is 3.70. The Balaban J connectivity index is 1.61. The average Bonchev–Trinajstić information content (AvgIpc) is 3.35. The number of H-pyrrole nitrogens is 2. The third-order valence-corrected chi connectivity index (χ3v) is 5.03. The Labute approximate surface area is 140 Å². The SMILES string of the molecule is O=C(c1cccc(-c2n[nH]c(=O)[nH]2)c1)N(C1CCCCC1)C1CC1. The summed E-state index contributed by atoms with van der Waals surface area (Å²) in [6, 6.07) is 8.18. The number of benzene rings is 1. The zero-order valence-corrected chi connectivity index (χ0v) is 13.6. The van der Waals surface area contributed by atoms with Crippen LogP contribution in [0.3, 0.4) is 0 Å². The summed E-state index contributed by atoms with van der Waals surface area (Å²) >= 11 is 0. The van der Waals surface area contributed by atoms with E-state index >= 15 is 0 Å². The molecule has 0 radical (unpaired) electrons. The second-order valence-corrected chi connectivity index (χ2v) is 6.84. The molecule has 2 aliphatic carbocycles. The molecule has 126 valence electrons. The van der Waals surface area contributed by atoms with Crippen molar-refractivity contribution >= 4 is 5.91 Å². The summed E-state index contributed by atoms with van der Waals surface area (Å²) in [5.41, 5.74) is 1.08. The molecule has 1 heterocycles. The van der Waals surface area contributed by atoms with Gasteiger partial charge in [-0.3, -0.25) is 9.78 Å². The maximum atomic E-state index is 13.1. The van der Waals surface area contributed by atoms with E-state index in [1.54, 1.807) is 0 Å². The van der Waals surface area contributed by atoms with Gasteiger partial charge >= 0.3 is 5.69 Å². The minimum atomic E-state index is -0.344. The number of nitrogens with one attached hydrogen (secondary N) is 2. The molecule has 0 aliphatic heterocycles. The lowest BCUT2D eigenvalue weighted by molar-refractivity contribution is 0.0614. The fraction of sp³-hybridized carbons (Fsp3) is 0.500. The molecule has 0 saturated heterocycles. The molecule has 1 amide bonds. The molecule has 0 atom stereocenters. The summed E-state index contributed by atoms with van der Waals surface area (Å²) in [6.07, 6.45) is 8.20. The lowest BCUT2D eigenvalue weighted by atomic mass is 9.93. The molecule has 0 unspecified atom stereocenters. The van der Waals surface area contributed by atoms with E-state index in [4.69, 9.17) is 0 Å². The van der Waals surface area contributed by atoms with Crippen molar-refractivity contribution < 1.29 is 4.79 Å². The zero-order valence-electron chi connectivity index (χ0n) is 13.6. The van der Waals surface area contributed by atoms with E-state index in [9.17, 15) is 9.59 Å². The van der Waals surface area contributed by atoms with Gasteiger partial charge in [-0.2, -0.15) is 5.10 Å². The third kappa shape index (κ3) is 3.00. The van der Waals surface area contributed by atoms with Crippen molar-refractivity contribution in [3.8, 4) is 11.4 Å². The van der Waals surface area contributed by atoms with Crippen molar-refractivity contribution in [2.75, 3.05) is 0 Å². The van der Waals surface area contributed by atoms with Crippen LogP contribution in [-0.4, -0.2) is 38.1 Å². The Morgan fingerprint density at radius 1 is 1.08 bits per heavy atom. The van der Waals surface area contributed by atoms with Crippen LogP contribution in [-0.2, 0) is 0 Å². The van der Waals surface area contributed by atoms with Crippen molar-refractivity contribution in [1.82, 2.24) is 20.1 Å². The second-order valence-electron chi connectivity index (χ2n) is 6.84. The number of carbonyl (C=O) groups excluding carboxylic acids is 1. The largest absolute Gasteiger partial charge is 0.340 e. The van der Waals surface area contributed by atoms with Gasteiger partial charge in [0.2, 0.25) is 0 Å². The molecule has 6 heteroatoms. The number of aromatic amines is 2. The van der Waals surface area contributed by atoms with Crippen LogP contribution < -0.4 is 5.69 Å². The first-order valence-electron chi connectivity index (χ1n) is 8.80. The number of carbonyl (C=O) groups is 1. The first-order valence-corrected chi connectivity index (χ1v) is 8.80. The van der Waals surface area contributed by atoms with Gasteiger partial charge in [0.15, 0.2) is 5.82 Å². The van der Waals surface area contributed by atoms with Gasteiger partial charge in [-0.1, -0.05) is 31.4 Å². The van der Waals surface area contributed by atoms with E-state index in [0.717, 1.165) is 31.2 Å². The Morgan fingerprint density at radius 2 is 1.83 bits per heavy atom. The molecule has 1 aromatic carbocycles. The van der Waals surface area contributed by atoms with E-state index in [1.165, 1.54) is 19.3 Å². The highest BCUT2D eigenvalue weighted by Crippen LogP contribution is 2.35. The van der Waals surface area contributed by atoms with Crippen LogP contribution in [0.25, 0.3) is 11.4 Å². The lowest BCUT2D eigenvalue weighted by Gasteiger charge is -2.34. The summed E-state index contributed by atoms with van der Waals surface area (Å²) in [4.78, 5) is 29.2. The van der Waals surface area contributed by atoms with E-state index in [1.807, 2.05) is 24.3 Å². The lowest BCUT2D eigenvalue weighted by Crippen LogP contribution is -2.43. The minimum absolute atomic E-state index is 0.115. The van der Waals surface area contributed by atoms with Gasteiger partial charge in [0.1, 0.15) is 0 Å². The Kier molecular flexibility index (Phi) is 3.96. The number of hydrogen-bond acceptors (Lipinski definition) is 3. The van der Waals surface area contributed by atoms with Gasteiger partial charge in [0.25, 0.3) is 5.91 Å². The van der Waals surface area contributed by atoms with Gasteiger partial charge in [-0.15, -0.1) is 0 Å². The van der Waals surface area contributed by atoms with Gasteiger partial charge in [0, 0.05) is 23.2 Å². The second kappa shape index (κ2) is 6.26. The van der Waals surface area contributed by atoms with Crippen LogP contribution in [0.4, 0.5) is 0 Å². The van der Waals surface area contributed by atoms with Crippen LogP contribution in [0.15, 0.2) is 29.1 Å². The van der Waals surface area contributed by atoms with Crippen molar-refractivity contribution in [3.63, 3.8) is 0 Å². The standard InChI is InChI=1S/C18H22N4O2/c23-17(22(15-9-10-15)14-7-2-1-3-8-14)13-6-4-5-12(11-13)16-19-18(24)21-20-16/h4-6,11,14-15H,1-3,7-10H2,(H2,19,20,21,24). The molecule has 0 spiro atoms. The molecule has 4 rings (SSSR count). The van der Waals surface area contributed by atoms with Gasteiger partial charge < -0.3 is 4.90 Å². The van der Waals surface area contributed by atoms with Crippen molar-refractivity contribution in [2.45, 2.75) is 57.0 Å². The van der Waals surface area contributed by atoms with E-state index in [-0.39, 0.29) is 11.6 Å². The molecule has 2 N–H and O–H groups in total. The molecule has 2 fully saturated rings. The molecular weight excluding hydrogens is 304 g/mol. The fourth-order valence-electron chi connectivity index (χ4n) is 3.70. The summed E-state index contributed by atoms with van der Waals surface area (Å²) in [6.45, 7) is 0. The van der Waals surface area contributed by atoms with Gasteiger partial charge in [-0.05, 0) is 37.8 Å². The number of aromatic nitrogens is 3. The predicted octanol–water partition coefficient (Wildman–Crippen LogP) is 2.70. The maximum absolute atomic E-state index is 13.1. The molecule has 1 aromatic heterocycles. The number of nitrogens with zero attached hydrogens (tertiary/aromatic N) is 2. The molecule has 24 heavy (non-hydrogen) atoms. The minimum Gasteiger partial charge on any atom is -0.333 e. The van der Waals surface area contributed by atoms with E-state index < -0.39 is 0 Å². The van der Waals surface area contributed by atoms with Crippen molar-refractivity contribution in [2.24, 2.45) is 0 Å². The topological polar surface area (TPSA) is 81.8 Å². The summed E-state index contributed by atoms with van der Waals surface area (Å²) in [5, 5.41) is 6.31. The van der Waals surface area contributed by atoms with E-state index in [2.05, 4.69) is 20.1 Å². The molecule has 0 bridgehead atoms. The Bertz CT molecular complexity index is 784. The monoisotopic (exact) mass is 326 g/mol. The number of hydrogen-bond donors (Lipinski definition) is 2. The van der Waals surface area contributed by atoms with E-state index in [0.29, 0.717) is 23.5 Å². The van der Waals surface area contributed by atoms with Crippen molar-refractivity contribution in [3.05, 3.63) is 40.3 Å². The molecule has 2 aliphatic rings. The highest BCUT2D eigenvalue weighted by atomic mass is 16.2.